The van der Waals surface area contributed by atoms with Gasteiger partial charge in [0.05, 0.1) is 0 Å². The number of rotatable bonds is 7. The second kappa shape index (κ2) is 8.94. The molecule has 2 aromatic carbocycles. The first-order chi connectivity index (χ1) is 13.1. The highest BCUT2D eigenvalue weighted by Gasteiger charge is 2.12. The predicted octanol–water partition coefficient (Wildman–Crippen LogP) is 2.97. The van der Waals surface area contributed by atoms with E-state index in [1.807, 2.05) is 48.5 Å². The summed E-state index contributed by atoms with van der Waals surface area (Å²) in [6.07, 6.45) is 1.75. The summed E-state index contributed by atoms with van der Waals surface area (Å²) in [4.78, 5) is 29.2. The van der Waals surface area contributed by atoms with Crippen molar-refractivity contribution in [2.24, 2.45) is 0 Å². The average Bonchev–Trinajstić information content (AvgIpc) is 2.68. The Morgan fingerprint density at radius 3 is 2.41 bits per heavy atom. The van der Waals surface area contributed by atoms with Gasteiger partial charge in [-0.2, -0.15) is 0 Å². The van der Waals surface area contributed by atoms with Crippen LogP contribution in [0.25, 0.3) is 11.4 Å². The molecule has 0 aliphatic carbocycles. The Bertz CT molecular complexity index is 950. The third-order valence-electron chi connectivity index (χ3n) is 4.28. The van der Waals surface area contributed by atoms with E-state index < -0.39 is 0 Å². The van der Waals surface area contributed by atoms with Crippen molar-refractivity contribution in [2.75, 3.05) is 6.54 Å². The zero-order valence-corrected chi connectivity index (χ0v) is 15.4. The summed E-state index contributed by atoms with van der Waals surface area (Å²) in [5, 5.41) is 2.90. The largest absolute Gasteiger partial charge is 0.355 e. The van der Waals surface area contributed by atoms with Crippen LogP contribution >= 0.6 is 0 Å². The van der Waals surface area contributed by atoms with Crippen LogP contribution in [0, 0.1) is 6.92 Å². The minimum Gasteiger partial charge on any atom is -0.355 e. The van der Waals surface area contributed by atoms with Gasteiger partial charge in [0.15, 0.2) is 0 Å². The first-order valence-corrected chi connectivity index (χ1v) is 9.08. The van der Waals surface area contributed by atoms with Crippen molar-refractivity contribution in [3.05, 3.63) is 88.3 Å². The van der Waals surface area contributed by atoms with E-state index in [-0.39, 0.29) is 18.0 Å². The zero-order valence-electron chi connectivity index (χ0n) is 15.4. The highest BCUT2D eigenvalue weighted by atomic mass is 16.2. The highest BCUT2D eigenvalue weighted by Crippen LogP contribution is 2.15. The minimum absolute atomic E-state index is 0.0400. The van der Waals surface area contributed by atoms with Crippen molar-refractivity contribution in [3.63, 3.8) is 0 Å². The smallest absolute Gasteiger partial charge is 0.254 e. The standard InChI is InChI=1S/C22H23N3O2/c1-17-15-21(27)25(22(24-17)19-12-6-3-7-13-19)16-20(26)23-14-8-11-18-9-4-2-5-10-18/h2-7,9-10,12-13,15H,8,11,14,16H2,1H3,(H,23,26). The molecule has 1 amide bonds. The Morgan fingerprint density at radius 2 is 1.70 bits per heavy atom. The normalized spacial score (nSPS) is 10.6. The molecule has 1 heterocycles. The van der Waals surface area contributed by atoms with Gasteiger partial charge in [0, 0.05) is 23.9 Å². The first kappa shape index (κ1) is 18.6. The Kier molecular flexibility index (Phi) is 6.15. The van der Waals surface area contributed by atoms with Gasteiger partial charge in [0.25, 0.3) is 5.56 Å². The zero-order chi connectivity index (χ0) is 19.1. The van der Waals surface area contributed by atoms with Gasteiger partial charge < -0.3 is 5.32 Å². The summed E-state index contributed by atoms with van der Waals surface area (Å²) in [5.74, 6) is 0.327. The molecular formula is C22H23N3O2. The quantitative estimate of drug-likeness (QED) is 0.658. The molecule has 1 aromatic heterocycles. The lowest BCUT2D eigenvalue weighted by Gasteiger charge is -2.13. The van der Waals surface area contributed by atoms with Gasteiger partial charge in [0.2, 0.25) is 5.91 Å². The van der Waals surface area contributed by atoms with Crippen molar-refractivity contribution < 1.29 is 4.79 Å². The van der Waals surface area contributed by atoms with E-state index in [2.05, 4.69) is 22.4 Å². The van der Waals surface area contributed by atoms with E-state index in [4.69, 9.17) is 0 Å². The molecule has 1 N–H and O–H groups in total. The lowest BCUT2D eigenvalue weighted by molar-refractivity contribution is -0.121. The third kappa shape index (κ3) is 5.14. The lowest BCUT2D eigenvalue weighted by atomic mass is 10.1. The number of carbonyl (C=O) groups excluding carboxylic acids is 1. The molecule has 0 spiro atoms. The van der Waals surface area contributed by atoms with Crippen LogP contribution in [0.3, 0.4) is 0 Å². The number of hydrogen-bond acceptors (Lipinski definition) is 3. The Morgan fingerprint density at radius 1 is 1.04 bits per heavy atom. The molecule has 5 heteroatoms. The van der Waals surface area contributed by atoms with Crippen LogP contribution in [0.1, 0.15) is 17.7 Å². The van der Waals surface area contributed by atoms with Crippen LogP contribution in [0.5, 0.6) is 0 Å². The number of aryl methyl sites for hydroxylation is 2. The summed E-state index contributed by atoms with van der Waals surface area (Å²) in [7, 11) is 0. The molecule has 0 aliphatic rings. The van der Waals surface area contributed by atoms with Crippen LogP contribution in [0.15, 0.2) is 71.5 Å². The molecular weight excluding hydrogens is 338 g/mol. The summed E-state index contributed by atoms with van der Waals surface area (Å²) < 4.78 is 1.43. The molecule has 0 bridgehead atoms. The van der Waals surface area contributed by atoms with Gasteiger partial charge in [-0.1, -0.05) is 60.7 Å². The summed E-state index contributed by atoms with van der Waals surface area (Å²) in [6.45, 7) is 2.31. The second-order valence-corrected chi connectivity index (χ2v) is 6.45. The number of nitrogens with zero attached hydrogens (tertiary/aromatic N) is 2. The number of benzene rings is 2. The Labute approximate surface area is 158 Å². The SMILES string of the molecule is Cc1cc(=O)n(CC(=O)NCCCc2ccccc2)c(-c2ccccc2)n1. The molecule has 0 radical (unpaired) electrons. The average molecular weight is 361 g/mol. The van der Waals surface area contributed by atoms with Crippen LogP contribution in [0.2, 0.25) is 0 Å². The van der Waals surface area contributed by atoms with E-state index in [9.17, 15) is 9.59 Å². The van der Waals surface area contributed by atoms with Gasteiger partial charge in [0.1, 0.15) is 12.4 Å². The fraction of sp³-hybridized carbons (Fsp3) is 0.227. The molecule has 0 saturated carbocycles. The molecule has 3 aromatic rings. The molecule has 138 valence electrons. The molecule has 5 nitrogen and oxygen atoms in total. The summed E-state index contributed by atoms with van der Waals surface area (Å²) in [6, 6.07) is 21.1. The predicted molar refractivity (Wildman–Crippen MR) is 106 cm³/mol. The van der Waals surface area contributed by atoms with Gasteiger partial charge in [-0.05, 0) is 25.3 Å². The van der Waals surface area contributed by atoms with E-state index in [0.29, 0.717) is 18.1 Å². The Balaban J connectivity index is 1.64. The molecule has 0 unspecified atom stereocenters. The van der Waals surface area contributed by atoms with Crippen LogP contribution < -0.4 is 10.9 Å². The van der Waals surface area contributed by atoms with E-state index in [1.165, 1.54) is 16.2 Å². The third-order valence-corrected chi connectivity index (χ3v) is 4.28. The maximum Gasteiger partial charge on any atom is 0.254 e. The molecule has 0 saturated heterocycles. The highest BCUT2D eigenvalue weighted by molar-refractivity contribution is 5.76. The van der Waals surface area contributed by atoms with Crippen molar-refractivity contribution >= 4 is 5.91 Å². The molecule has 0 aliphatic heterocycles. The first-order valence-electron chi connectivity index (χ1n) is 9.08. The lowest BCUT2D eigenvalue weighted by Crippen LogP contribution is -2.34. The van der Waals surface area contributed by atoms with Gasteiger partial charge >= 0.3 is 0 Å². The number of amides is 1. The summed E-state index contributed by atoms with van der Waals surface area (Å²) >= 11 is 0. The van der Waals surface area contributed by atoms with Crippen molar-refractivity contribution in [2.45, 2.75) is 26.3 Å². The number of hydrogen-bond donors (Lipinski definition) is 1. The molecule has 3 rings (SSSR count). The fourth-order valence-corrected chi connectivity index (χ4v) is 2.95. The van der Waals surface area contributed by atoms with Crippen molar-refractivity contribution in [1.82, 2.24) is 14.9 Å². The van der Waals surface area contributed by atoms with E-state index in [0.717, 1.165) is 18.4 Å². The Hall–Kier alpha value is -3.21. The van der Waals surface area contributed by atoms with E-state index in [1.54, 1.807) is 6.92 Å². The maximum absolute atomic E-state index is 12.4. The van der Waals surface area contributed by atoms with Gasteiger partial charge in [-0.25, -0.2) is 4.98 Å². The van der Waals surface area contributed by atoms with Gasteiger partial charge in [-0.3, -0.25) is 14.2 Å². The monoisotopic (exact) mass is 361 g/mol. The fourth-order valence-electron chi connectivity index (χ4n) is 2.95. The van der Waals surface area contributed by atoms with Crippen molar-refractivity contribution in [3.8, 4) is 11.4 Å². The summed E-state index contributed by atoms with van der Waals surface area (Å²) in [5.41, 5.74) is 2.48. The maximum atomic E-state index is 12.4. The molecule has 0 fully saturated rings. The minimum atomic E-state index is -0.221. The van der Waals surface area contributed by atoms with Gasteiger partial charge in [-0.15, -0.1) is 0 Å². The number of aromatic nitrogens is 2. The second-order valence-electron chi connectivity index (χ2n) is 6.45. The van der Waals surface area contributed by atoms with Crippen molar-refractivity contribution in [1.29, 1.82) is 0 Å². The molecule has 27 heavy (non-hydrogen) atoms. The number of nitrogens with one attached hydrogen (secondary N) is 1. The van der Waals surface area contributed by atoms with Crippen LogP contribution in [-0.4, -0.2) is 22.0 Å². The number of carbonyl (C=O) groups is 1. The molecule has 0 atom stereocenters. The van der Waals surface area contributed by atoms with Crippen LogP contribution in [0.4, 0.5) is 0 Å². The topological polar surface area (TPSA) is 64.0 Å². The van der Waals surface area contributed by atoms with Crippen LogP contribution in [-0.2, 0) is 17.8 Å². The van der Waals surface area contributed by atoms with E-state index >= 15 is 0 Å².